The van der Waals surface area contributed by atoms with Gasteiger partial charge in [-0.05, 0) is 30.5 Å². The molecule has 0 radical (unpaired) electrons. The van der Waals surface area contributed by atoms with Crippen molar-refractivity contribution in [3.63, 3.8) is 0 Å². The molecule has 14 heavy (non-hydrogen) atoms. The normalized spacial score (nSPS) is 11.1. The second-order valence-electron chi connectivity index (χ2n) is 3.91. The van der Waals surface area contributed by atoms with E-state index in [1.807, 2.05) is 13.0 Å². The van der Waals surface area contributed by atoms with Crippen LogP contribution >= 0.6 is 0 Å². The standard InChI is InChI=1S/C12H14N2/c1-8(2)10-4-5-11-12(6-10)14-9(3)7-13-11/h4-8H,1-3H3. The Hall–Kier alpha value is -1.44. The summed E-state index contributed by atoms with van der Waals surface area (Å²) >= 11 is 0. The fraction of sp³-hybridized carbons (Fsp3) is 0.333. The number of aromatic nitrogens is 2. The largest absolute Gasteiger partial charge is 0.253 e. The molecule has 2 nitrogen and oxygen atoms in total. The van der Waals surface area contributed by atoms with Crippen LogP contribution in [0.3, 0.4) is 0 Å². The third-order valence-corrected chi connectivity index (χ3v) is 2.35. The number of hydrogen-bond donors (Lipinski definition) is 0. The van der Waals surface area contributed by atoms with Crippen LogP contribution in [0, 0.1) is 6.92 Å². The highest BCUT2D eigenvalue weighted by molar-refractivity contribution is 5.74. The van der Waals surface area contributed by atoms with E-state index in [4.69, 9.17) is 0 Å². The van der Waals surface area contributed by atoms with Crippen molar-refractivity contribution in [1.29, 1.82) is 0 Å². The fourth-order valence-corrected chi connectivity index (χ4v) is 1.48. The van der Waals surface area contributed by atoms with Crippen LogP contribution in [0.5, 0.6) is 0 Å². The quantitative estimate of drug-likeness (QED) is 0.684. The van der Waals surface area contributed by atoms with Crippen LogP contribution in [0.2, 0.25) is 0 Å². The summed E-state index contributed by atoms with van der Waals surface area (Å²) < 4.78 is 0. The summed E-state index contributed by atoms with van der Waals surface area (Å²) in [5.41, 5.74) is 4.26. The van der Waals surface area contributed by atoms with Gasteiger partial charge in [0, 0.05) is 6.20 Å². The number of nitrogens with zero attached hydrogens (tertiary/aromatic N) is 2. The SMILES string of the molecule is Cc1cnc2ccc(C(C)C)cc2n1. The van der Waals surface area contributed by atoms with Crippen molar-refractivity contribution in [3.05, 3.63) is 35.7 Å². The molecule has 0 aliphatic carbocycles. The molecule has 2 aromatic rings. The van der Waals surface area contributed by atoms with Crippen molar-refractivity contribution in [3.8, 4) is 0 Å². The van der Waals surface area contributed by atoms with E-state index in [-0.39, 0.29) is 0 Å². The molecule has 0 N–H and O–H groups in total. The second-order valence-corrected chi connectivity index (χ2v) is 3.91. The van der Waals surface area contributed by atoms with Crippen LogP contribution in [0.25, 0.3) is 11.0 Å². The van der Waals surface area contributed by atoms with Gasteiger partial charge >= 0.3 is 0 Å². The minimum Gasteiger partial charge on any atom is -0.253 e. The van der Waals surface area contributed by atoms with Crippen molar-refractivity contribution in [2.24, 2.45) is 0 Å². The molecule has 0 unspecified atom stereocenters. The van der Waals surface area contributed by atoms with Gasteiger partial charge in [-0.3, -0.25) is 4.98 Å². The van der Waals surface area contributed by atoms with Crippen molar-refractivity contribution >= 4 is 11.0 Å². The van der Waals surface area contributed by atoms with Crippen LogP contribution in [0.4, 0.5) is 0 Å². The predicted molar refractivity (Wildman–Crippen MR) is 58.4 cm³/mol. The van der Waals surface area contributed by atoms with Gasteiger partial charge in [-0.15, -0.1) is 0 Å². The first-order chi connectivity index (χ1) is 6.66. The molecular formula is C12H14N2. The molecule has 0 aliphatic heterocycles. The summed E-state index contributed by atoms with van der Waals surface area (Å²) in [5, 5.41) is 0. The second kappa shape index (κ2) is 3.37. The van der Waals surface area contributed by atoms with Crippen LogP contribution in [-0.2, 0) is 0 Å². The average Bonchev–Trinajstić information content (AvgIpc) is 2.16. The van der Waals surface area contributed by atoms with Gasteiger partial charge in [0.15, 0.2) is 0 Å². The Morgan fingerprint density at radius 1 is 1.14 bits per heavy atom. The lowest BCUT2D eigenvalue weighted by Gasteiger charge is -2.05. The number of aryl methyl sites for hydroxylation is 1. The molecule has 0 saturated carbocycles. The van der Waals surface area contributed by atoms with Crippen molar-refractivity contribution < 1.29 is 0 Å². The average molecular weight is 186 g/mol. The first kappa shape index (κ1) is 9.13. The maximum atomic E-state index is 4.46. The van der Waals surface area contributed by atoms with Gasteiger partial charge in [-0.1, -0.05) is 19.9 Å². The third-order valence-electron chi connectivity index (χ3n) is 2.35. The number of fused-ring (bicyclic) bond motifs is 1. The Morgan fingerprint density at radius 2 is 1.93 bits per heavy atom. The van der Waals surface area contributed by atoms with Gasteiger partial charge in [-0.25, -0.2) is 4.98 Å². The molecule has 0 amide bonds. The van der Waals surface area contributed by atoms with Gasteiger partial charge < -0.3 is 0 Å². The predicted octanol–water partition coefficient (Wildman–Crippen LogP) is 3.06. The summed E-state index contributed by atoms with van der Waals surface area (Å²) in [6, 6.07) is 6.29. The Morgan fingerprint density at radius 3 is 2.64 bits per heavy atom. The fourth-order valence-electron chi connectivity index (χ4n) is 1.48. The van der Waals surface area contributed by atoms with Crippen molar-refractivity contribution in [1.82, 2.24) is 9.97 Å². The Labute approximate surface area is 84.0 Å². The van der Waals surface area contributed by atoms with E-state index >= 15 is 0 Å². The molecule has 0 spiro atoms. The van der Waals surface area contributed by atoms with E-state index in [9.17, 15) is 0 Å². The lowest BCUT2D eigenvalue weighted by atomic mass is 10.0. The van der Waals surface area contributed by atoms with E-state index in [1.54, 1.807) is 6.20 Å². The Kier molecular flexibility index (Phi) is 2.20. The zero-order chi connectivity index (χ0) is 10.1. The van der Waals surface area contributed by atoms with Gasteiger partial charge in [0.25, 0.3) is 0 Å². The van der Waals surface area contributed by atoms with Crippen molar-refractivity contribution in [2.75, 3.05) is 0 Å². The first-order valence-electron chi connectivity index (χ1n) is 4.90. The molecule has 0 fully saturated rings. The van der Waals surface area contributed by atoms with Gasteiger partial charge in [0.2, 0.25) is 0 Å². The third kappa shape index (κ3) is 1.60. The number of benzene rings is 1. The minimum absolute atomic E-state index is 0.543. The highest BCUT2D eigenvalue weighted by atomic mass is 14.8. The molecular weight excluding hydrogens is 172 g/mol. The molecule has 2 rings (SSSR count). The summed E-state index contributed by atoms with van der Waals surface area (Å²) in [6.45, 7) is 6.34. The molecule has 0 bridgehead atoms. The molecule has 1 aromatic heterocycles. The van der Waals surface area contributed by atoms with Gasteiger partial charge in [-0.2, -0.15) is 0 Å². The van der Waals surface area contributed by atoms with E-state index in [2.05, 4.69) is 35.9 Å². The van der Waals surface area contributed by atoms with Crippen LogP contribution in [0.1, 0.15) is 31.0 Å². The smallest absolute Gasteiger partial charge is 0.0892 e. The topological polar surface area (TPSA) is 25.8 Å². The Balaban J connectivity index is 2.63. The zero-order valence-electron chi connectivity index (χ0n) is 8.78. The summed E-state index contributed by atoms with van der Waals surface area (Å²) in [6.07, 6.45) is 1.80. The monoisotopic (exact) mass is 186 g/mol. The van der Waals surface area contributed by atoms with Gasteiger partial charge in [0.05, 0.1) is 16.7 Å². The van der Waals surface area contributed by atoms with E-state index in [0.717, 1.165) is 16.7 Å². The minimum atomic E-state index is 0.543. The summed E-state index contributed by atoms with van der Waals surface area (Å²) in [5.74, 6) is 0.543. The van der Waals surface area contributed by atoms with E-state index < -0.39 is 0 Å². The molecule has 2 heteroatoms. The van der Waals surface area contributed by atoms with E-state index in [1.165, 1.54) is 5.56 Å². The maximum absolute atomic E-state index is 4.46. The lowest BCUT2D eigenvalue weighted by Crippen LogP contribution is -1.91. The molecule has 0 atom stereocenters. The molecule has 1 heterocycles. The molecule has 1 aromatic carbocycles. The molecule has 72 valence electrons. The zero-order valence-corrected chi connectivity index (χ0v) is 8.78. The molecule has 0 saturated heterocycles. The van der Waals surface area contributed by atoms with Gasteiger partial charge in [0.1, 0.15) is 0 Å². The summed E-state index contributed by atoms with van der Waals surface area (Å²) in [7, 11) is 0. The van der Waals surface area contributed by atoms with E-state index in [0.29, 0.717) is 5.92 Å². The lowest BCUT2D eigenvalue weighted by molar-refractivity contribution is 0.867. The number of rotatable bonds is 1. The highest BCUT2D eigenvalue weighted by Crippen LogP contribution is 2.18. The Bertz CT molecular complexity index is 461. The molecule has 0 aliphatic rings. The van der Waals surface area contributed by atoms with Crippen LogP contribution < -0.4 is 0 Å². The van der Waals surface area contributed by atoms with Crippen molar-refractivity contribution in [2.45, 2.75) is 26.7 Å². The number of hydrogen-bond acceptors (Lipinski definition) is 2. The summed E-state index contributed by atoms with van der Waals surface area (Å²) in [4.78, 5) is 8.77. The highest BCUT2D eigenvalue weighted by Gasteiger charge is 2.02. The first-order valence-corrected chi connectivity index (χ1v) is 4.90. The van der Waals surface area contributed by atoms with Crippen LogP contribution in [-0.4, -0.2) is 9.97 Å². The van der Waals surface area contributed by atoms with Crippen LogP contribution in [0.15, 0.2) is 24.4 Å². The maximum Gasteiger partial charge on any atom is 0.0892 e.